The molecule has 0 fully saturated rings. The maximum absolute atomic E-state index is 12.0. The number of aromatic hydroxyl groups is 1. The van der Waals surface area contributed by atoms with Gasteiger partial charge in [-0.1, -0.05) is 0 Å². The van der Waals surface area contributed by atoms with Crippen LogP contribution in [0.3, 0.4) is 0 Å². The quantitative estimate of drug-likeness (QED) is 0.881. The van der Waals surface area contributed by atoms with Crippen LogP contribution in [0.5, 0.6) is 11.5 Å². The fourth-order valence-electron chi connectivity index (χ4n) is 1.75. The number of phenolic OH excluding ortho intramolecular Hbond substituents is 1. The minimum Gasteiger partial charge on any atom is -0.504 e. The number of carbonyl (C=O) groups is 1. The number of ether oxygens (including phenoxy) is 1. The zero-order valence-corrected chi connectivity index (χ0v) is 11.0. The summed E-state index contributed by atoms with van der Waals surface area (Å²) in [6, 6.07) is 6.24. The second-order valence-corrected chi connectivity index (χ2v) is 4.14. The molecule has 6 nitrogen and oxygen atoms in total. The number of nitrogens with zero attached hydrogens (tertiary/aromatic N) is 2. The Morgan fingerprint density at radius 1 is 1.42 bits per heavy atom. The number of hydrogen-bond acceptors (Lipinski definition) is 4. The summed E-state index contributed by atoms with van der Waals surface area (Å²) in [5.74, 6) is 0.531. The van der Waals surface area contributed by atoms with Gasteiger partial charge < -0.3 is 15.2 Å². The molecular weight excluding hydrogens is 246 g/mol. The first-order valence-corrected chi connectivity index (χ1v) is 5.70. The van der Waals surface area contributed by atoms with Crippen LogP contribution in [0.25, 0.3) is 0 Å². The number of benzene rings is 1. The second kappa shape index (κ2) is 5.01. The molecule has 0 aliphatic rings. The Morgan fingerprint density at radius 2 is 2.16 bits per heavy atom. The van der Waals surface area contributed by atoms with Crippen LogP contribution >= 0.6 is 0 Å². The van der Waals surface area contributed by atoms with Gasteiger partial charge in [0.1, 0.15) is 5.82 Å². The molecule has 0 atom stereocenters. The van der Waals surface area contributed by atoms with E-state index in [-0.39, 0.29) is 11.7 Å². The Labute approximate surface area is 110 Å². The van der Waals surface area contributed by atoms with Gasteiger partial charge in [0.05, 0.1) is 12.8 Å². The smallest absolute Gasteiger partial charge is 0.256 e. The molecule has 100 valence electrons. The zero-order chi connectivity index (χ0) is 14.0. The van der Waals surface area contributed by atoms with E-state index in [2.05, 4.69) is 10.4 Å². The minimum atomic E-state index is -0.319. The fourth-order valence-corrected chi connectivity index (χ4v) is 1.75. The summed E-state index contributed by atoms with van der Waals surface area (Å²) in [6.45, 7) is 1.84. The lowest BCUT2D eigenvalue weighted by atomic mass is 10.2. The number of phenols is 1. The van der Waals surface area contributed by atoms with Crippen molar-refractivity contribution in [1.29, 1.82) is 0 Å². The highest BCUT2D eigenvalue weighted by atomic mass is 16.5. The standard InChI is InChI=1S/C13H15N3O3/c1-8-6-12(16(2)15-8)14-13(18)9-4-5-11(19-3)10(17)7-9/h4-7,17H,1-3H3,(H,14,18). The van der Waals surface area contributed by atoms with E-state index < -0.39 is 0 Å². The molecule has 1 heterocycles. The normalized spacial score (nSPS) is 10.3. The molecule has 2 N–H and O–H groups in total. The Balaban J connectivity index is 2.20. The summed E-state index contributed by atoms with van der Waals surface area (Å²) in [5.41, 5.74) is 1.16. The average Bonchev–Trinajstić information content (AvgIpc) is 2.67. The van der Waals surface area contributed by atoms with Crippen molar-refractivity contribution in [2.24, 2.45) is 7.05 Å². The van der Waals surface area contributed by atoms with Crippen molar-refractivity contribution in [2.45, 2.75) is 6.92 Å². The predicted molar refractivity (Wildman–Crippen MR) is 70.6 cm³/mol. The molecule has 0 aliphatic heterocycles. The number of aryl methyl sites for hydroxylation is 2. The first-order chi connectivity index (χ1) is 9.01. The molecule has 1 aromatic carbocycles. The van der Waals surface area contributed by atoms with E-state index in [4.69, 9.17) is 4.74 Å². The van der Waals surface area contributed by atoms with Gasteiger partial charge in [0.15, 0.2) is 11.5 Å². The van der Waals surface area contributed by atoms with Crippen molar-refractivity contribution in [3.05, 3.63) is 35.5 Å². The second-order valence-electron chi connectivity index (χ2n) is 4.14. The van der Waals surface area contributed by atoms with Gasteiger partial charge in [0, 0.05) is 18.7 Å². The maximum Gasteiger partial charge on any atom is 0.256 e. The monoisotopic (exact) mass is 261 g/mol. The molecule has 0 unspecified atom stereocenters. The summed E-state index contributed by atoms with van der Waals surface area (Å²) in [6.07, 6.45) is 0. The van der Waals surface area contributed by atoms with Gasteiger partial charge in [-0.15, -0.1) is 0 Å². The largest absolute Gasteiger partial charge is 0.504 e. The summed E-state index contributed by atoms with van der Waals surface area (Å²) >= 11 is 0. The molecule has 19 heavy (non-hydrogen) atoms. The SMILES string of the molecule is COc1ccc(C(=O)Nc2cc(C)nn2C)cc1O. The van der Waals surface area contributed by atoms with Gasteiger partial charge in [-0.25, -0.2) is 0 Å². The Morgan fingerprint density at radius 3 is 2.68 bits per heavy atom. The van der Waals surface area contributed by atoms with Crippen LogP contribution in [0.4, 0.5) is 5.82 Å². The Bertz CT molecular complexity index is 620. The van der Waals surface area contributed by atoms with Gasteiger partial charge in [0.25, 0.3) is 5.91 Å². The summed E-state index contributed by atoms with van der Waals surface area (Å²) in [4.78, 5) is 12.0. The third-order valence-corrected chi connectivity index (χ3v) is 2.68. The van der Waals surface area contributed by atoms with Crippen molar-refractivity contribution in [2.75, 3.05) is 12.4 Å². The molecule has 0 spiro atoms. The van der Waals surface area contributed by atoms with Crippen LogP contribution in [0.15, 0.2) is 24.3 Å². The van der Waals surface area contributed by atoms with E-state index in [1.807, 2.05) is 6.92 Å². The number of hydrogen-bond donors (Lipinski definition) is 2. The van der Waals surface area contributed by atoms with E-state index in [9.17, 15) is 9.90 Å². The van der Waals surface area contributed by atoms with Crippen molar-refractivity contribution < 1.29 is 14.6 Å². The van der Waals surface area contributed by atoms with E-state index in [0.29, 0.717) is 17.1 Å². The van der Waals surface area contributed by atoms with Gasteiger partial charge >= 0.3 is 0 Å². The van der Waals surface area contributed by atoms with Gasteiger partial charge in [-0.05, 0) is 25.1 Å². The number of nitrogens with one attached hydrogen (secondary N) is 1. The summed E-state index contributed by atoms with van der Waals surface area (Å²) < 4.78 is 6.50. The first kappa shape index (κ1) is 12.9. The van der Waals surface area contributed by atoms with Crippen molar-refractivity contribution >= 4 is 11.7 Å². The highest BCUT2D eigenvalue weighted by Crippen LogP contribution is 2.26. The molecule has 2 aromatic rings. The number of aromatic nitrogens is 2. The van der Waals surface area contributed by atoms with Gasteiger partial charge in [-0.3, -0.25) is 9.48 Å². The van der Waals surface area contributed by atoms with Crippen LogP contribution < -0.4 is 10.1 Å². The maximum atomic E-state index is 12.0. The van der Waals surface area contributed by atoms with Crippen LogP contribution in [-0.2, 0) is 7.05 Å². The van der Waals surface area contributed by atoms with Crippen molar-refractivity contribution in [3.8, 4) is 11.5 Å². The number of anilines is 1. The van der Waals surface area contributed by atoms with E-state index in [0.717, 1.165) is 5.69 Å². The number of amides is 1. The molecule has 1 amide bonds. The molecule has 2 rings (SSSR count). The van der Waals surface area contributed by atoms with Crippen LogP contribution in [0.1, 0.15) is 16.1 Å². The first-order valence-electron chi connectivity index (χ1n) is 5.70. The molecule has 0 radical (unpaired) electrons. The highest BCUT2D eigenvalue weighted by molar-refractivity contribution is 6.04. The zero-order valence-electron chi connectivity index (χ0n) is 11.0. The van der Waals surface area contributed by atoms with Crippen molar-refractivity contribution in [3.63, 3.8) is 0 Å². The van der Waals surface area contributed by atoms with Crippen LogP contribution in [-0.4, -0.2) is 27.9 Å². The minimum absolute atomic E-state index is 0.0728. The fraction of sp³-hybridized carbons (Fsp3) is 0.231. The molecule has 0 saturated heterocycles. The van der Waals surface area contributed by atoms with Crippen LogP contribution in [0.2, 0.25) is 0 Å². The number of carbonyl (C=O) groups excluding carboxylic acids is 1. The lowest BCUT2D eigenvalue weighted by Crippen LogP contribution is -2.14. The molecule has 0 aliphatic carbocycles. The van der Waals surface area contributed by atoms with Crippen molar-refractivity contribution in [1.82, 2.24) is 9.78 Å². The summed E-state index contributed by atoms with van der Waals surface area (Å²) in [7, 11) is 3.20. The van der Waals surface area contributed by atoms with Gasteiger partial charge in [-0.2, -0.15) is 5.10 Å². The van der Waals surface area contributed by atoms with E-state index >= 15 is 0 Å². The average molecular weight is 261 g/mol. The van der Waals surface area contributed by atoms with Gasteiger partial charge in [0.2, 0.25) is 0 Å². The highest BCUT2D eigenvalue weighted by Gasteiger charge is 2.11. The van der Waals surface area contributed by atoms with E-state index in [1.165, 1.54) is 13.2 Å². The number of methoxy groups -OCH3 is 1. The molecule has 0 saturated carbocycles. The number of rotatable bonds is 3. The molecule has 6 heteroatoms. The predicted octanol–water partition coefficient (Wildman–Crippen LogP) is 1.70. The third-order valence-electron chi connectivity index (χ3n) is 2.68. The van der Waals surface area contributed by atoms with E-state index in [1.54, 1.807) is 29.9 Å². The summed E-state index contributed by atoms with van der Waals surface area (Å²) in [5, 5.41) is 16.5. The molecular formula is C13H15N3O3. The van der Waals surface area contributed by atoms with Crippen LogP contribution in [0, 0.1) is 6.92 Å². The molecule has 1 aromatic heterocycles. The third kappa shape index (κ3) is 2.67. The molecule has 0 bridgehead atoms. The Kier molecular flexibility index (Phi) is 3.41. The lowest BCUT2D eigenvalue weighted by molar-refractivity contribution is 0.102. The lowest BCUT2D eigenvalue weighted by Gasteiger charge is -2.07. The topological polar surface area (TPSA) is 76.4 Å². The Hall–Kier alpha value is -2.50.